The van der Waals surface area contributed by atoms with Crippen molar-refractivity contribution < 1.29 is 14.2 Å². The van der Waals surface area contributed by atoms with Gasteiger partial charge in [0.1, 0.15) is 0 Å². The van der Waals surface area contributed by atoms with Crippen LogP contribution in [0, 0.1) is 0 Å². The van der Waals surface area contributed by atoms with Crippen LogP contribution in [0.2, 0.25) is 39.0 Å². The molecule has 0 aliphatic heterocycles. The van der Waals surface area contributed by atoms with Crippen molar-refractivity contribution in [3.8, 4) is 0 Å². The Morgan fingerprint density at radius 3 is 1.71 bits per heavy atom. The van der Waals surface area contributed by atoms with Gasteiger partial charge in [0.05, 0.1) is 0 Å². The van der Waals surface area contributed by atoms with Crippen LogP contribution in [0.3, 0.4) is 0 Å². The molecule has 0 aromatic rings. The molecular weight excluding hydrogens is 507 g/mol. The van der Waals surface area contributed by atoms with E-state index in [1.165, 1.54) is 57.9 Å². The van der Waals surface area contributed by atoms with Gasteiger partial charge in [-0.2, -0.15) is 0 Å². The Morgan fingerprint density at radius 1 is 0.774 bits per heavy atom. The Balaban J connectivity index is 5.38. The third-order valence-corrected chi connectivity index (χ3v) is 24.7. The maximum atomic E-state index is 6.81. The number of hydrogen-bond donors (Lipinski definition) is 0. The van der Waals surface area contributed by atoms with Crippen LogP contribution in [0.4, 0.5) is 0 Å². The summed E-state index contributed by atoms with van der Waals surface area (Å²) in [6.07, 6.45) is 15.9. The molecule has 0 aromatic carbocycles. The molecule has 0 radical (unpaired) electrons. The van der Waals surface area contributed by atoms with Crippen LogP contribution in [0.1, 0.15) is 78.6 Å². The van der Waals surface area contributed by atoms with Crippen LogP contribution in [-0.4, -0.2) is 57.7 Å². The Bertz CT molecular complexity index is 411. The molecule has 3 nitrogen and oxygen atoms in total. The molecule has 31 heavy (non-hydrogen) atoms. The average molecular weight is 564 g/mol. The van der Waals surface area contributed by atoms with Crippen molar-refractivity contribution in [2.45, 2.75) is 128 Å². The van der Waals surface area contributed by atoms with E-state index in [-0.39, 0.29) is 6.29 Å². The summed E-state index contributed by atoms with van der Waals surface area (Å²) in [4.78, 5) is 0. The van der Waals surface area contributed by atoms with Gasteiger partial charge in [0.25, 0.3) is 0 Å². The van der Waals surface area contributed by atoms with Gasteiger partial charge in [-0.15, -0.1) is 0 Å². The van der Waals surface area contributed by atoms with E-state index in [0.717, 1.165) is 25.9 Å². The molecule has 0 heterocycles. The van der Waals surface area contributed by atoms with Gasteiger partial charge in [-0.3, -0.25) is 0 Å². The van der Waals surface area contributed by atoms with Gasteiger partial charge in [-0.05, 0) is 0 Å². The standard InChI is InChI=1S/C14H29O3Si.3C4H9.Sn/c1-15-14(16-2)10-9-12-17-11-7-6-8-13-18(3,4)5;3*1-3-4-2;/h6,8,12,14H,7,9-11,13H2,1-5H3;3*1,3-4H2,2H3;/b8-6-;;;;. The van der Waals surface area contributed by atoms with Crippen LogP contribution in [0.25, 0.3) is 0 Å². The molecule has 1 unspecified atom stereocenters. The normalized spacial score (nSPS) is 14.1. The Hall–Kier alpha value is 0.636. The van der Waals surface area contributed by atoms with Crippen LogP contribution >= 0.6 is 0 Å². The molecule has 1 atom stereocenters. The molecule has 0 bridgehead atoms. The zero-order valence-electron chi connectivity index (χ0n) is 22.4. The molecule has 0 N–H and O–H groups in total. The molecule has 0 spiro atoms. The van der Waals surface area contributed by atoms with E-state index in [9.17, 15) is 0 Å². The quantitative estimate of drug-likeness (QED) is 0.0607. The second-order valence-corrected chi connectivity index (χ2v) is 30.0. The molecule has 0 aliphatic rings. The number of unbranched alkanes of at least 4 members (excludes halogenated alkanes) is 3. The van der Waals surface area contributed by atoms with Crippen molar-refractivity contribution >= 4 is 26.5 Å². The Morgan fingerprint density at radius 2 is 1.29 bits per heavy atom. The van der Waals surface area contributed by atoms with Gasteiger partial charge in [-0.1, -0.05) is 0 Å². The van der Waals surface area contributed by atoms with E-state index in [0.29, 0.717) is 4.12 Å². The first-order valence-corrected chi connectivity index (χ1v) is 24.5. The number of methoxy groups -OCH3 is 2. The molecule has 0 amide bonds. The first-order valence-electron chi connectivity index (χ1n) is 13.1. The molecular formula is C26H56O3SiSn. The van der Waals surface area contributed by atoms with E-state index >= 15 is 0 Å². The summed E-state index contributed by atoms with van der Waals surface area (Å²) in [6, 6.07) is 1.27. The summed E-state index contributed by atoms with van der Waals surface area (Å²) >= 11 is -2.46. The molecule has 0 rings (SSSR count). The molecule has 0 saturated carbocycles. The van der Waals surface area contributed by atoms with Gasteiger partial charge in [-0.25, -0.2) is 0 Å². The predicted molar refractivity (Wildman–Crippen MR) is 144 cm³/mol. The van der Waals surface area contributed by atoms with Gasteiger partial charge in [0.2, 0.25) is 0 Å². The molecule has 0 aromatic heterocycles. The summed E-state index contributed by atoms with van der Waals surface area (Å²) < 4.78 is 22.9. The zero-order valence-corrected chi connectivity index (χ0v) is 26.3. The fourth-order valence-corrected chi connectivity index (χ4v) is 22.9. The van der Waals surface area contributed by atoms with E-state index in [1.54, 1.807) is 14.2 Å². The van der Waals surface area contributed by atoms with Gasteiger partial charge in [0, 0.05) is 0 Å². The number of ether oxygens (including phenoxy) is 3. The van der Waals surface area contributed by atoms with Gasteiger partial charge >= 0.3 is 202 Å². The van der Waals surface area contributed by atoms with Crippen molar-refractivity contribution in [3.63, 3.8) is 0 Å². The molecule has 5 heteroatoms. The van der Waals surface area contributed by atoms with Gasteiger partial charge < -0.3 is 0 Å². The third kappa shape index (κ3) is 15.2. The van der Waals surface area contributed by atoms with Crippen LogP contribution < -0.4 is 0 Å². The van der Waals surface area contributed by atoms with Crippen molar-refractivity contribution in [2.75, 3.05) is 20.8 Å². The number of hydrogen-bond acceptors (Lipinski definition) is 3. The number of allylic oxidation sites excluding steroid dienone is 1. The summed E-state index contributed by atoms with van der Waals surface area (Å²) in [6.45, 7) is 15.2. The van der Waals surface area contributed by atoms with Crippen molar-refractivity contribution in [2.24, 2.45) is 0 Å². The summed E-state index contributed by atoms with van der Waals surface area (Å²) in [5.41, 5.74) is 0. The monoisotopic (exact) mass is 564 g/mol. The minimum atomic E-state index is -2.46. The van der Waals surface area contributed by atoms with Crippen LogP contribution in [0.5, 0.6) is 0 Å². The van der Waals surface area contributed by atoms with Crippen molar-refractivity contribution in [3.05, 3.63) is 12.2 Å². The fourth-order valence-electron chi connectivity index (χ4n) is 4.46. The van der Waals surface area contributed by atoms with E-state index in [2.05, 4.69) is 52.6 Å². The van der Waals surface area contributed by atoms with Crippen LogP contribution in [-0.2, 0) is 14.2 Å². The van der Waals surface area contributed by atoms with Crippen molar-refractivity contribution in [1.82, 2.24) is 0 Å². The minimum absolute atomic E-state index is 0.102. The van der Waals surface area contributed by atoms with E-state index in [4.69, 9.17) is 14.2 Å². The third-order valence-electron chi connectivity index (χ3n) is 6.46. The number of rotatable bonds is 21. The Labute approximate surface area is 201 Å². The fraction of sp³-hybridized carbons (Fsp3) is 0.923. The molecule has 0 aliphatic carbocycles. The van der Waals surface area contributed by atoms with Gasteiger partial charge in [0.15, 0.2) is 0 Å². The molecule has 0 fully saturated rings. The first-order chi connectivity index (χ1) is 14.8. The SMILES string of the molecule is CCC[CH2][Sn]([CH2]CCC)([CH2]CCC)[CH](CCC(OC)OC)OCC/C=C\C[Si](C)(C)C. The predicted octanol–water partition coefficient (Wildman–Crippen LogP) is 8.44. The summed E-state index contributed by atoms with van der Waals surface area (Å²) in [5.74, 6) is 0. The van der Waals surface area contributed by atoms with E-state index in [1.807, 2.05) is 0 Å². The van der Waals surface area contributed by atoms with Crippen LogP contribution in [0.15, 0.2) is 12.2 Å². The topological polar surface area (TPSA) is 27.7 Å². The Kier molecular flexibility index (Phi) is 19.4. The second-order valence-electron chi connectivity index (χ2n) is 10.5. The average Bonchev–Trinajstić information content (AvgIpc) is 2.74. The maximum absolute atomic E-state index is 6.81. The van der Waals surface area contributed by atoms with Crippen molar-refractivity contribution in [1.29, 1.82) is 0 Å². The zero-order chi connectivity index (χ0) is 23.6. The summed E-state index contributed by atoms with van der Waals surface area (Å²) in [5, 5.41) is 0. The second kappa shape index (κ2) is 19.0. The van der Waals surface area contributed by atoms with E-state index < -0.39 is 26.5 Å². The molecule has 186 valence electrons. The molecule has 0 saturated heterocycles. The first kappa shape index (κ1) is 31.6. The summed E-state index contributed by atoms with van der Waals surface area (Å²) in [7, 11) is 2.53.